The third kappa shape index (κ3) is 1.63. The summed E-state index contributed by atoms with van der Waals surface area (Å²) in [6.07, 6.45) is 0. The molecule has 7 heteroatoms. The van der Waals surface area contributed by atoms with E-state index in [2.05, 4.69) is 15.1 Å². The highest BCUT2D eigenvalue weighted by Gasteiger charge is 2.13. The van der Waals surface area contributed by atoms with Crippen molar-refractivity contribution in [3.8, 4) is 0 Å². The smallest absolute Gasteiger partial charge is 0.224 e. The average Bonchev–Trinajstić information content (AvgIpc) is 2.02. The average molecular weight is 182 g/mol. The van der Waals surface area contributed by atoms with Gasteiger partial charge in [0.1, 0.15) is 0 Å². The van der Waals surface area contributed by atoms with Gasteiger partial charge in [0.15, 0.2) is 17.3 Å². The summed E-state index contributed by atoms with van der Waals surface area (Å²) >= 11 is 0. The molecule has 0 radical (unpaired) electrons. The minimum absolute atomic E-state index is 0.00815. The standard InChI is InChI=1S/C6H10N6O/c1-12(2)5-3(11-13)4(7)9-6(8)10-5/h1-2H3,(H4,7,8,9,10). The Hall–Kier alpha value is -1.92. The van der Waals surface area contributed by atoms with E-state index in [9.17, 15) is 4.91 Å². The van der Waals surface area contributed by atoms with Gasteiger partial charge in [0, 0.05) is 14.1 Å². The molecule has 0 aliphatic heterocycles. The summed E-state index contributed by atoms with van der Waals surface area (Å²) in [5, 5.41) is 2.74. The third-order valence-corrected chi connectivity index (χ3v) is 1.42. The number of aromatic nitrogens is 2. The van der Waals surface area contributed by atoms with Gasteiger partial charge in [0.2, 0.25) is 5.95 Å². The molecule has 0 amide bonds. The zero-order chi connectivity index (χ0) is 10.0. The van der Waals surface area contributed by atoms with Crippen LogP contribution in [0.3, 0.4) is 0 Å². The molecule has 0 aromatic carbocycles. The molecule has 4 N–H and O–H groups in total. The van der Waals surface area contributed by atoms with Gasteiger partial charge in [0.05, 0.1) is 0 Å². The zero-order valence-corrected chi connectivity index (χ0v) is 7.35. The number of anilines is 3. The van der Waals surface area contributed by atoms with Crippen molar-refractivity contribution in [3.05, 3.63) is 4.91 Å². The lowest BCUT2D eigenvalue weighted by Crippen LogP contribution is -2.13. The molecule has 13 heavy (non-hydrogen) atoms. The van der Waals surface area contributed by atoms with Gasteiger partial charge in [-0.05, 0) is 5.18 Å². The summed E-state index contributed by atoms with van der Waals surface area (Å²) in [6, 6.07) is 0. The van der Waals surface area contributed by atoms with Crippen LogP contribution in [-0.4, -0.2) is 24.1 Å². The zero-order valence-electron chi connectivity index (χ0n) is 7.35. The Balaban J connectivity index is 3.38. The van der Waals surface area contributed by atoms with Crippen molar-refractivity contribution in [2.24, 2.45) is 5.18 Å². The van der Waals surface area contributed by atoms with Gasteiger partial charge in [-0.3, -0.25) is 0 Å². The molecule has 0 saturated heterocycles. The van der Waals surface area contributed by atoms with Gasteiger partial charge in [-0.2, -0.15) is 9.97 Å². The summed E-state index contributed by atoms with van der Waals surface area (Å²) in [5.74, 6) is 0.333. The fourth-order valence-electron chi connectivity index (χ4n) is 0.877. The highest BCUT2D eigenvalue weighted by atomic mass is 16.3. The molecule has 1 aromatic rings. The van der Waals surface area contributed by atoms with Gasteiger partial charge in [-0.15, -0.1) is 4.91 Å². The van der Waals surface area contributed by atoms with Gasteiger partial charge in [-0.1, -0.05) is 0 Å². The number of nitrogen functional groups attached to an aromatic ring is 2. The Morgan fingerprint density at radius 1 is 1.31 bits per heavy atom. The molecule has 1 heterocycles. The van der Waals surface area contributed by atoms with Crippen LogP contribution in [0.2, 0.25) is 0 Å². The molecule has 1 aromatic heterocycles. The van der Waals surface area contributed by atoms with Gasteiger partial charge < -0.3 is 16.4 Å². The van der Waals surface area contributed by atoms with E-state index in [1.807, 2.05) is 0 Å². The van der Waals surface area contributed by atoms with Crippen molar-refractivity contribution in [2.75, 3.05) is 30.5 Å². The summed E-state index contributed by atoms with van der Waals surface area (Å²) < 4.78 is 0. The molecule has 0 aliphatic rings. The van der Waals surface area contributed by atoms with Crippen LogP contribution >= 0.6 is 0 Å². The molecule has 0 bridgehead atoms. The van der Waals surface area contributed by atoms with E-state index in [-0.39, 0.29) is 17.5 Å². The molecule has 0 aliphatic carbocycles. The topological polar surface area (TPSA) is 110 Å². The Morgan fingerprint density at radius 2 is 1.92 bits per heavy atom. The largest absolute Gasteiger partial charge is 0.382 e. The number of hydrogen-bond acceptors (Lipinski definition) is 7. The molecule has 1 rings (SSSR count). The summed E-state index contributed by atoms with van der Waals surface area (Å²) in [6.45, 7) is 0. The van der Waals surface area contributed by atoms with Crippen LogP contribution in [0, 0.1) is 4.91 Å². The van der Waals surface area contributed by atoms with Crippen molar-refractivity contribution in [1.82, 2.24) is 9.97 Å². The molecule has 0 fully saturated rings. The molecular weight excluding hydrogens is 172 g/mol. The highest BCUT2D eigenvalue weighted by molar-refractivity contribution is 5.73. The van der Waals surface area contributed by atoms with E-state index in [0.717, 1.165) is 0 Å². The van der Waals surface area contributed by atoms with Crippen LogP contribution in [0.5, 0.6) is 0 Å². The Bertz CT molecular complexity index is 336. The quantitative estimate of drug-likeness (QED) is 0.628. The first-order valence-corrected chi connectivity index (χ1v) is 3.50. The lowest BCUT2D eigenvalue weighted by molar-refractivity contribution is 1.04. The predicted molar refractivity (Wildman–Crippen MR) is 50.6 cm³/mol. The summed E-state index contributed by atoms with van der Waals surface area (Å²) in [5.41, 5.74) is 10.8. The van der Waals surface area contributed by atoms with Crippen LogP contribution in [-0.2, 0) is 0 Å². The Labute approximate surface area is 74.7 Å². The number of nitroso groups, excluding NO2 is 1. The fourth-order valence-corrected chi connectivity index (χ4v) is 0.877. The Morgan fingerprint density at radius 3 is 2.38 bits per heavy atom. The van der Waals surface area contributed by atoms with Crippen molar-refractivity contribution >= 4 is 23.3 Å². The normalized spacial score (nSPS) is 9.69. The second-order valence-corrected chi connectivity index (χ2v) is 2.62. The maximum absolute atomic E-state index is 10.4. The number of hydrogen-bond donors (Lipinski definition) is 2. The maximum Gasteiger partial charge on any atom is 0.224 e. The van der Waals surface area contributed by atoms with Crippen LogP contribution in [0.1, 0.15) is 0 Å². The predicted octanol–water partition coefficient (Wildman–Crippen LogP) is 0.105. The van der Waals surface area contributed by atoms with E-state index < -0.39 is 0 Å². The van der Waals surface area contributed by atoms with Gasteiger partial charge in [-0.25, -0.2) is 0 Å². The number of rotatable bonds is 2. The maximum atomic E-state index is 10.4. The summed E-state index contributed by atoms with van der Waals surface area (Å²) in [7, 11) is 3.41. The van der Waals surface area contributed by atoms with Crippen LogP contribution in [0.25, 0.3) is 0 Å². The van der Waals surface area contributed by atoms with Crippen molar-refractivity contribution < 1.29 is 0 Å². The van der Waals surface area contributed by atoms with Gasteiger partial charge in [0.25, 0.3) is 0 Å². The minimum atomic E-state index is -0.00815. The van der Waals surface area contributed by atoms with Crippen molar-refractivity contribution in [2.45, 2.75) is 0 Å². The van der Waals surface area contributed by atoms with E-state index in [0.29, 0.717) is 5.82 Å². The molecule has 0 spiro atoms. The molecule has 0 unspecified atom stereocenters. The van der Waals surface area contributed by atoms with Gasteiger partial charge >= 0.3 is 0 Å². The van der Waals surface area contributed by atoms with Crippen LogP contribution in [0.4, 0.5) is 23.3 Å². The monoisotopic (exact) mass is 182 g/mol. The number of nitrogens with two attached hydrogens (primary N) is 2. The third-order valence-electron chi connectivity index (χ3n) is 1.42. The summed E-state index contributed by atoms with van der Waals surface area (Å²) in [4.78, 5) is 19.4. The molecular formula is C6H10N6O. The van der Waals surface area contributed by atoms with Crippen molar-refractivity contribution in [3.63, 3.8) is 0 Å². The van der Waals surface area contributed by atoms with E-state index in [1.54, 1.807) is 19.0 Å². The minimum Gasteiger partial charge on any atom is -0.382 e. The molecule has 0 atom stereocenters. The second-order valence-electron chi connectivity index (χ2n) is 2.62. The lowest BCUT2D eigenvalue weighted by Gasteiger charge is -2.13. The highest BCUT2D eigenvalue weighted by Crippen LogP contribution is 2.30. The molecule has 7 nitrogen and oxygen atoms in total. The first-order valence-electron chi connectivity index (χ1n) is 3.50. The molecule has 0 saturated carbocycles. The molecule has 70 valence electrons. The van der Waals surface area contributed by atoms with Crippen molar-refractivity contribution in [1.29, 1.82) is 0 Å². The number of nitrogens with zero attached hydrogens (tertiary/aromatic N) is 4. The van der Waals surface area contributed by atoms with E-state index in [1.165, 1.54) is 0 Å². The second kappa shape index (κ2) is 3.21. The van der Waals surface area contributed by atoms with E-state index in [4.69, 9.17) is 11.5 Å². The Kier molecular flexibility index (Phi) is 2.27. The fraction of sp³-hybridized carbons (Fsp3) is 0.333. The first-order chi connectivity index (χ1) is 6.06. The SMILES string of the molecule is CN(C)c1nc(N)nc(N)c1N=O. The van der Waals surface area contributed by atoms with Crippen LogP contribution in [0.15, 0.2) is 5.18 Å². The first kappa shape index (κ1) is 9.17. The van der Waals surface area contributed by atoms with Crippen LogP contribution < -0.4 is 16.4 Å². The lowest BCUT2D eigenvalue weighted by atomic mass is 10.4. The van der Waals surface area contributed by atoms with E-state index >= 15 is 0 Å².